The average Bonchev–Trinajstić information content (AvgIpc) is 2.67. The van der Waals surface area contributed by atoms with E-state index in [1.54, 1.807) is 12.4 Å². The first kappa shape index (κ1) is 15.7. The molecule has 1 fully saturated rings. The molecule has 0 amide bonds. The highest BCUT2D eigenvalue weighted by molar-refractivity contribution is 5.75. The molecule has 3 aromatic rings. The zero-order chi connectivity index (χ0) is 17.1. The summed E-state index contributed by atoms with van der Waals surface area (Å²) in [7, 11) is 0. The topological polar surface area (TPSA) is 64.0 Å². The molecule has 6 heteroatoms. The van der Waals surface area contributed by atoms with Crippen LogP contribution in [0, 0.1) is 12.8 Å². The fourth-order valence-electron chi connectivity index (χ4n) is 3.16. The van der Waals surface area contributed by atoms with E-state index in [1.807, 2.05) is 37.4 Å². The largest absolute Gasteiger partial charge is 0.476 e. The Morgan fingerprint density at radius 1 is 1.04 bits per heavy atom. The highest BCUT2D eigenvalue weighted by Crippen LogP contribution is 2.23. The number of anilines is 1. The van der Waals surface area contributed by atoms with E-state index in [-0.39, 0.29) is 0 Å². The van der Waals surface area contributed by atoms with E-state index in [0.29, 0.717) is 18.4 Å². The molecule has 0 aliphatic carbocycles. The number of piperidine rings is 1. The molecule has 1 saturated heterocycles. The van der Waals surface area contributed by atoms with Gasteiger partial charge in [-0.1, -0.05) is 12.1 Å². The van der Waals surface area contributed by atoms with Gasteiger partial charge in [-0.05, 0) is 37.8 Å². The lowest BCUT2D eigenvalue weighted by Gasteiger charge is -2.32. The Bertz CT molecular complexity index is 861. The van der Waals surface area contributed by atoms with Crippen LogP contribution in [0.3, 0.4) is 0 Å². The van der Waals surface area contributed by atoms with E-state index < -0.39 is 0 Å². The summed E-state index contributed by atoms with van der Waals surface area (Å²) in [4.78, 5) is 20.0. The fraction of sp³-hybridized carbons (Fsp3) is 0.368. The van der Waals surface area contributed by atoms with Crippen LogP contribution in [-0.2, 0) is 0 Å². The predicted molar refractivity (Wildman–Crippen MR) is 96.7 cm³/mol. The molecule has 25 heavy (non-hydrogen) atoms. The molecule has 4 rings (SSSR count). The lowest BCUT2D eigenvalue weighted by molar-refractivity contribution is 0.214. The van der Waals surface area contributed by atoms with Crippen LogP contribution < -0.4 is 9.64 Å². The van der Waals surface area contributed by atoms with E-state index in [0.717, 1.165) is 48.5 Å². The summed E-state index contributed by atoms with van der Waals surface area (Å²) < 4.78 is 5.85. The third-order valence-electron chi connectivity index (χ3n) is 4.67. The van der Waals surface area contributed by atoms with Crippen LogP contribution in [0.2, 0.25) is 0 Å². The number of aromatic nitrogens is 4. The van der Waals surface area contributed by atoms with Gasteiger partial charge in [-0.2, -0.15) is 0 Å². The van der Waals surface area contributed by atoms with Gasteiger partial charge in [0.2, 0.25) is 5.88 Å². The number of aryl methyl sites for hydroxylation is 1. The molecule has 1 aliphatic heterocycles. The first-order valence-electron chi connectivity index (χ1n) is 8.67. The van der Waals surface area contributed by atoms with Crippen molar-refractivity contribution in [3.05, 3.63) is 48.5 Å². The van der Waals surface area contributed by atoms with Crippen molar-refractivity contribution in [1.29, 1.82) is 0 Å². The Morgan fingerprint density at radius 3 is 2.60 bits per heavy atom. The lowest BCUT2D eigenvalue weighted by atomic mass is 9.98. The van der Waals surface area contributed by atoms with Gasteiger partial charge in [0.1, 0.15) is 5.82 Å². The maximum atomic E-state index is 5.85. The minimum Gasteiger partial charge on any atom is -0.476 e. The average molecular weight is 335 g/mol. The molecule has 6 nitrogen and oxygen atoms in total. The molecule has 1 aliphatic rings. The van der Waals surface area contributed by atoms with Crippen LogP contribution in [0.25, 0.3) is 11.0 Å². The van der Waals surface area contributed by atoms with Gasteiger partial charge in [0, 0.05) is 25.5 Å². The molecule has 0 bridgehead atoms. The first-order valence-corrected chi connectivity index (χ1v) is 8.67. The van der Waals surface area contributed by atoms with Crippen molar-refractivity contribution in [3.8, 4) is 5.88 Å². The minimum atomic E-state index is 0.533. The summed E-state index contributed by atoms with van der Waals surface area (Å²) in [6.45, 7) is 4.56. The van der Waals surface area contributed by atoms with Crippen LogP contribution in [0.15, 0.2) is 42.9 Å². The molecule has 0 atom stereocenters. The molecule has 128 valence electrons. The number of rotatable bonds is 4. The smallest absolute Gasteiger partial charge is 0.235 e. The predicted octanol–water partition coefficient (Wildman–Crippen LogP) is 3.02. The van der Waals surface area contributed by atoms with Gasteiger partial charge in [0.25, 0.3) is 0 Å². The Hall–Kier alpha value is -2.76. The standard InChI is InChI=1S/C19H21N5O/c1-14-19(21-9-8-20-14)25-13-15-6-10-24(11-7-15)18-12-22-16-4-2-3-5-17(16)23-18/h2-5,8-9,12,15H,6-7,10-11,13H2,1H3. The molecule has 3 heterocycles. The normalized spacial score (nSPS) is 15.5. The highest BCUT2D eigenvalue weighted by Gasteiger charge is 2.21. The summed E-state index contributed by atoms with van der Waals surface area (Å²) in [6.07, 6.45) is 7.39. The van der Waals surface area contributed by atoms with Crippen molar-refractivity contribution < 1.29 is 4.74 Å². The Morgan fingerprint density at radius 2 is 1.80 bits per heavy atom. The Balaban J connectivity index is 1.35. The van der Waals surface area contributed by atoms with Gasteiger partial charge >= 0.3 is 0 Å². The Kier molecular flexibility index (Phi) is 4.41. The number of benzene rings is 1. The molecule has 2 aromatic heterocycles. The van der Waals surface area contributed by atoms with Crippen LogP contribution in [0.5, 0.6) is 5.88 Å². The van der Waals surface area contributed by atoms with E-state index >= 15 is 0 Å². The summed E-state index contributed by atoms with van der Waals surface area (Å²) in [6, 6.07) is 7.99. The van der Waals surface area contributed by atoms with Gasteiger partial charge in [0.15, 0.2) is 0 Å². The van der Waals surface area contributed by atoms with Crippen LogP contribution in [0.1, 0.15) is 18.5 Å². The number of fused-ring (bicyclic) bond motifs is 1. The van der Waals surface area contributed by atoms with Crippen molar-refractivity contribution >= 4 is 16.9 Å². The summed E-state index contributed by atoms with van der Waals surface area (Å²) in [5.41, 5.74) is 2.73. The third kappa shape index (κ3) is 3.52. The monoisotopic (exact) mass is 335 g/mol. The highest BCUT2D eigenvalue weighted by atomic mass is 16.5. The summed E-state index contributed by atoms with van der Waals surface area (Å²) in [5, 5.41) is 0. The maximum absolute atomic E-state index is 5.85. The van der Waals surface area contributed by atoms with Crippen LogP contribution in [0.4, 0.5) is 5.82 Å². The van der Waals surface area contributed by atoms with Gasteiger partial charge < -0.3 is 9.64 Å². The molecule has 1 aromatic carbocycles. The number of para-hydroxylation sites is 2. The van der Waals surface area contributed by atoms with E-state index in [4.69, 9.17) is 9.72 Å². The van der Waals surface area contributed by atoms with Gasteiger partial charge in [0.05, 0.1) is 29.5 Å². The second kappa shape index (κ2) is 7.01. The Labute approximate surface area is 146 Å². The molecular formula is C19H21N5O. The second-order valence-electron chi connectivity index (χ2n) is 6.41. The van der Waals surface area contributed by atoms with Crippen molar-refractivity contribution in [2.75, 3.05) is 24.6 Å². The number of hydrogen-bond acceptors (Lipinski definition) is 6. The van der Waals surface area contributed by atoms with Crippen molar-refractivity contribution in [2.24, 2.45) is 5.92 Å². The van der Waals surface area contributed by atoms with E-state index in [2.05, 4.69) is 19.9 Å². The number of hydrogen-bond donors (Lipinski definition) is 0. The lowest BCUT2D eigenvalue weighted by Crippen LogP contribution is -2.36. The van der Waals surface area contributed by atoms with Crippen molar-refractivity contribution in [2.45, 2.75) is 19.8 Å². The molecule has 0 unspecified atom stereocenters. The molecular weight excluding hydrogens is 314 g/mol. The minimum absolute atomic E-state index is 0.533. The zero-order valence-corrected chi connectivity index (χ0v) is 14.3. The van der Waals surface area contributed by atoms with Gasteiger partial charge in [-0.25, -0.2) is 9.97 Å². The van der Waals surface area contributed by atoms with Crippen molar-refractivity contribution in [3.63, 3.8) is 0 Å². The van der Waals surface area contributed by atoms with Crippen LogP contribution >= 0.6 is 0 Å². The maximum Gasteiger partial charge on any atom is 0.235 e. The van der Waals surface area contributed by atoms with Crippen LogP contribution in [-0.4, -0.2) is 39.6 Å². The second-order valence-corrected chi connectivity index (χ2v) is 6.41. The zero-order valence-electron chi connectivity index (χ0n) is 14.3. The summed E-state index contributed by atoms with van der Waals surface area (Å²) in [5.74, 6) is 2.14. The van der Waals surface area contributed by atoms with Gasteiger partial charge in [-0.15, -0.1) is 0 Å². The third-order valence-corrected chi connectivity index (χ3v) is 4.67. The number of nitrogens with zero attached hydrogens (tertiary/aromatic N) is 5. The summed E-state index contributed by atoms with van der Waals surface area (Å²) >= 11 is 0. The van der Waals surface area contributed by atoms with E-state index in [1.165, 1.54) is 0 Å². The fourth-order valence-corrected chi connectivity index (χ4v) is 3.16. The molecule has 0 saturated carbocycles. The quantitative estimate of drug-likeness (QED) is 0.730. The number of ether oxygens (including phenoxy) is 1. The SMILES string of the molecule is Cc1nccnc1OCC1CCN(c2cnc3ccccc3n2)CC1. The van der Waals surface area contributed by atoms with E-state index in [9.17, 15) is 0 Å². The first-order chi connectivity index (χ1) is 12.3. The van der Waals surface area contributed by atoms with Crippen molar-refractivity contribution in [1.82, 2.24) is 19.9 Å². The molecule has 0 N–H and O–H groups in total. The van der Waals surface area contributed by atoms with Gasteiger partial charge in [-0.3, -0.25) is 9.97 Å². The molecule has 0 spiro atoms. The molecule has 0 radical (unpaired) electrons.